The molecular formula is C14H17Cl4N3OS. The van der Waals surface area contributed by atoms with E-state index in [-0.39, 0.29) is 16.9 Å². The van der Waals surface area contributed by atoms with Gasteiger partial charge < -0.3 is 16.0 Å². The highest BCUT2D eigenvalue weighted by Crippen LogP contribution is 2.29. The molecule has 128 valence electrons. The summed E-state index contributed by atoms with van der Waals surface area (Å²) in [5.41, 5.74) is 0.673. The maximum Gasteiger partial charge on any atom is 0.228 e. The number of hydrogen-bond donors (Lipinski definition) is 3. The molecule has 0 aliphatic carbocycles. The summed E-state index contributed by atoms with van der Waals surface area (Å²) in [5, 5.41) is 9.05. The van der Waals surface area contributed by atoms with Gasteiger partial charge in [0.05, 0.1) is 0 Å². The van der Waals surface area contributed by atoms with E-state index in [4.69, 9.17) is 58.6 Å². The summed E-state index contributed by atoms with van der Waals surface area (Å²) < 4.78 is -1.77. The molecule has 23 heavy (non-hydrogen) atoms. The monoisotopic (exact) mass is 415 g/mol. The van der Waals surface area contributed by atoms with Gasteiger partial charge in [-0.05, 0) is 36.3 Å². The molecule has 0 aliphatic rings. The predicted molar refractivity (Wildman–Crippen MR) is 102 cm³/mol. The second kappa shape index (κ2) is 9.14. The molecular weight excluding hydrogens is 400 g/mol. The minimum atomic E-state index is -1.77. The Bertz CT molecular complexity index is 563. The molecule has 1 aromatic rings. The van der Waals surface area contributed by atoms with Crippen molar-refractivity contribution in [3.63, 3.8) is 0 Å². The number of rotatable bonds is 5. The van der Waals surface area contributed by atoms with E-state index in [1.165, 1.54) is 0 Å². The Labute approximate surface area is 161 Å². The molecule has 1 rings (SSSR count). The lowest BCUT2D eigenvalue weighted by atomic mass is 10.1. The maximum atomic E-state index is 11.9. The van der Waals surface area contributed by atoms with Gasteiger partial charge in [-0.1, -0.05) is 66.3 Å². The zero-order valence-electron chi connectivity index (χ0n) is 12.5. The van der Waals surface area contributed by atoms with Crippen molar-refractivity contribution >= 4 is 75.3 Å². The summed E-state index contributed by atoms with van der Waals surface area (Å²) in [6, 6.07) is 6.97. The summed E-state index contributed by atoms with van der Waals surface area (Å²) in [6.45, 7) is 3.84. The van der Waals surface area contributed by atoms with Crippen LogP contribution in [-0.2, 0) is 4.79 Å². The first-order chi connectivity index (χ1) is 10.6. The third-order valence-electron chi connectivity index (χ3n) is 2.58. The van der Waals surface area contributed by atoms with Crippen LogP contribution in [0.1, 0.15) is 20.3 Å². The SMILES string of the molecule is CC(C)CC(=O)N[C@@H](NC(=S)Nc1cccc(Cl)c1)C(Cl)(Cl)Cl. The van der Waals surface area contributed by atoms with Crippen molar-refractivity contribution in [3.8, 4) is 0 Å². The van der Waals surface area contributed by atoms with Crippen LogP contribution < -0.4 is 16.0 Å². The van der Waals surface area contributed by atoms with Gasteiger partial charge in [-0.2, -0.15) is 0 Å². The van der Waals surface area contributed by atoms with E-state index < -0.39 is 9.96 Å². The summed E-state index contributed by atoms with van der Waals surface area (Å²) in [4.78, 5) is 11.9. The zero-order chi connectivity index (χ0) is 17.6. The first-order valence-electron chi connectivity index (χ1n) is 6.77. The number of thiocarbonyl (C=S) groups is 1. The Morgan fingerprint density at radius 3 is 2.43 bits per heavy atom. The van der Waals surface area contributed by atoms with Crippen LogP contribution in [0.4, 0.5) is 5.69 Å². The van der Waals surface area contributed by atoms with Crippen molar-refractivity contribution in [2.45, 2.75) is 30.2 Å². The molecule has 0 radical (unpaired) electrons. The molecule has 0 heterocycles. The van der Waals surface area contributed by atoms with Crippen LogP contribution in [0.25, 0.3) is 0 Å². The van der Waals surface area contributed by atoms with E-state index in [0.717, 1.165) is 0 Å². The predicted octanol–water partition coefficient (Wildman–Crippen LogP) is 4.49. The van der Waals surface area contributed by atoms with E-state index in [2.05, 4.69) is 16.0 Å². The molecule has 0 aromatic heterocycles. The van der Waals surface area contributed by atoms with Crippen molar-refractivity contribution in [3.05, 3.63) is 29.3 Å². The zero-order valence-corrected chi connectivity index (χ0v) is 16.3. The molecule has 0 saturated heterocycles. The lowest BCUT2D eigenvalue weighted by Gasteiger charge is -2.28. The van der Waals surface area contributed by atoms with Crippen LogP contribution in [0.5, 0.6) is 0 Å². The molecule has 0 aliphatic heterocycles. The standard InChI is InChI=1S/C14H17Cl4N3OS/c1-8(2)6-11(22)20-12(14(16,17)18)21-13(23)19-10-5-3-4-9(15)7-10/h3-5,7-8,12H,6H2,1-2H3,(H,20,22)(H2,19,21,23)/t12-/m0/s1. The summed E-state index contributed by atoms with van der Waals surface area (Å²) in [5.74, 6) is -0.0584. The van der Waals surface area contributed by atoms with E-state index in [0.29, 0.717) is 17.1 Å². The topological polar surface area (TPSA) is 53.2 Å². The number of nitrogens with one attached hydrogen (secondary N) is 3. The van der Waals surface area contributed by atoms with Crippen LogP contribution in [0, 0.1) is 5.92 Å². The highest BCUT2D eigenvalue weighted by atomic mass is 35.6. The van der Waals surface area contributed by atoms with Crippen LogP contribution in [0.2, 0.25) is 5.02 Å². The normalized spacial score (nSPS) is 12.7. The van der Waals surface area contributed by atoms with Gasteiger partial charge in [0.1, 0.15) is 6.17 Å². The molecule has 9 heteroatoms. The fraction of sp³-hybridized carbons (Fsp3) is 0.429. The number of amides is 1. The molecule has 0 saturated carbocycles. The Hall–Kier alpha value is -0.460. The number of benzene rings is 1. The fourth-order valence-corrected chi connectivity index (χ4v) is 2.41. The van der Waals surface area contributed by atoms with Crippen molar-refractivity contribution in [1.29, 1.82) is 0 Å². The summed E-state index contributed by atoms with van der Waals surface area (Å²) >= 11 is 28.8. The highest BCUT2D eigenvalue weighted by Gasteiger charge is 2.34. The maximum absolute atomic E-state index is 11.9. The van der Waals surface area contributed by atoms with E-state index in [1.807, 2.05) is 13.8 Å². The quantitative estimate of drug-likeness (QED) is 0.376. The Balaban J connectivity index is 2.69. The van der Waals surface area contributed by atoms with Crippen molar-refractivity contribution in [1.82, 2.24) is 10.6 Å². The first-order valence-corrected chi connectivity index (χ1v) is 8.69. The van der Waals surface area contributed by atoms with Gasteiger partial charge >= 0.3 is 0 Å². The Kier molecular flexibility index (Phi) is 8.18. The van der Waals surface area contributed by atoms with Crippen molar-refractivity contribution in [2.75, 3.05) is 5.32 Å². The van der Waals surface area contributed by atoms with Gasteiger partial charge in [-0.3, -0.25) is 4.79 Å². The second-order valence-corrected chi connectivity index (χ2v) is 8.46. The molecule has 0 spiro atoms. The number of alkyl halides is 3. The minimum absolute atomic E-state index is 0.183. The molecule has 1 amide bonds. The smallest absolute Gasteiger partial charge is 0.228 e. The number of carbonyl (C=O) groups is 1. The molecule has 0 fully saturated rings. The van der Waals surface area contributed by atoms with E-state index in [9.17, 15) is 4.79 Å². The third-order valence-corrected chi connectivity index (χ3v) is 3.69. The van der Waals surface area contributed by atoms with Gasteiger partial charge in [0, 0.05) is 17.1 Å². The van der Waals surface area contributed by atoms with E-state index >= 15 is 0 Å². The number of carbonyl (C=O) groups excluding carboxylic acids is 1. The molecule has 3 N–H and O–H groups in total. The fourth-order valence-electron chi connectivity index (χ4n) is 1.65. The molecule has 1 aromatic carbocycles. The first kappa shape index (κ1) is 20.6. The van der Waals surface area contributed by atoms with Crippen molar-refractivity contribution in [2.24, 2.45) is 5.92 Å². The third kappa shape index (κ3) is 8.27. The van der Waals surface area contributed by atoms with Crippen LogP contribution in [0.3, 0.4) is 0 Å². The van der Waals surface area contributed by atoms with Gasteiger partial charge in [-0.15, -0.1) is 0 Å². The minimum Gasteiger partial charge on any atom is -0.339 e. The van der Waals surface area contributed by atoms with Gasteiger partial charge in [-0.25, -0.2) is 0 Å². The Morgan fingerprint density at radius 2 is 1.91 bits per heavy atom. The molecule has 0 bridgehead atoms. The lowest BCUT2D eigenvalue weighted by molar-refractivity contribution is -0.122. The molecule has 0 unspecified atom stereocenters. The van der Waals surface area contributed by atoms with Gasteiger partial charge in [0.15, 0.2) is 5.11 Å². The summed E-state index contributed by atoms with van der Waals surface area (Å²) in [6.07, 6.45) is -0.661. The van der Waals surface area contributed by atoms with Gasteiger partial charge in [0.25, 0.3) is 0 Å². The second-order valence-electron chi connectivity index (χ2n) is 5.25. The molecule has 1 atom stereocenters. The largest absolute Gasteiger partial charge is 0.339 e. The van der Waals surface area contributed by atoms with Crippen LogP contribution in [0.15, 0.2) is 24.3 Å². The van der Waals surface area contributed by atoms with Crippen LogP contribution >= 0.6 is 58.6 Å². The van der Waals surface area contributed by atoms with E-state index in [1.54, 1.807) is 24.3 Å². The average molecular weight is 417 g/mol. The van der Waals surface area contributed by atoms with Crippen molar-refractivity contribution < 1.29 is 4.79 Å². The Morgan fingerprint density at radius 1 is 1.26 bits per heavy atom. The summed E-state index contributed by atoms with van der Waals surface area (Å²) in [7, 11) is 0. The lowest BCUT2D eigenvalue weighted by Crippen LogP contribution is -2.56. The number of anilines is 1. The number of hydrogen-bond acceptors (Lipinski definition) is 2. The van der Waals surface area contributed by atoms with Gasteiger partial charge in [0.2, 0.25) is 9.70 Å². The number of halogens is 4. The highest BCUT2D eigenvalue weighted by molar-refractivity contribution is 7.80. The van der Waals surface area contributed by atoms with Crippen LogP contribution in [-0.4, -0.2) is 21.0 Å². The molecule has 4 nitrogen and oxygen atoms in total. The average Bonchev–Trinajstić information content (AvgIpc) is 2.35.